The summed E-state index contributed by atoms with van der Waals surface area (Å²) in [7, 11) is -0.695. The normalized spacial score (nSPS) is 11.5. The Labute approximate surface area is 136 Å². The molecule has 2 aromatic carbocycles. The van der Waals surface area contributed by atoms with E-state index in [1.54, 1.807) is 0 Å². The number of rotatable bonds is 5. The maximum absolute atomic E-state index is 12.1. The van der Waals surface area contributed by atoms with Crippen LogP contribution in [0.2, 0.25) is 0 Å². The van der Waals surface area contributed by atoms with Crippen molar-refractivity contribution in [1.82, 2.24) is 4.31 Å². The zero-order valence-corrected chi connectivity index (χ0v) is 14.1. The third kappa shape index (κ3) is 4.18. The van der Waals surface area contributed by atoms with Gasteiger partial charge in [-0.3, -0.25) is 0 Å². The van der Waals surface area contributed by atoms with E-state index in [4.69, 9.17) is 4.74 Å². The number of carbonyl (C=O) groups excluding carboxylic acids is 1. The van der Waals surface area contributed by atoms with Crippen molar-refractivity contribution in [1.29, 1.82) is 0 Å². The van der Waals surface area contributed by atoms with Crippen LogP contribution in [0.5, 0.6) is 0 Å². The van der Waals surface area contributed by atoms with Crippen molar-refractivity contribution in [2.45, 2.75) is 18.4 Å². The number of benzene rings is 2. The van der Waals surface area contributed by atoms with Crippen LogP contribution in [-0.2, 0) is 21.4 Å². The Morgan fingerprint density at radius 1 is 1.09 bits per heavy atom. The summed E-state index contributed by atoms with van der Waals surface area (Å²) >= 11 is 0. The van der Waals surface area contributed by atoms with E-state index in [9.17, 15) is 13.2 Å². The van der Waals surface area contributed by atoms with Gasteiger partial charge in [0, 0.05) is 14.1 Å². The molecular weight excluding hydrogens is 314 g/mol. The van der Waals surface area contributed by atoms with Crippen LogP contribution in [-0.4, -0.2) is 32.8 Å². The maximum atomic E-state index is 12.1. The number of sulfonamides is 1. The first kappa shape index (κ1) is 17.2. The molecule has 0 heterocycles. The van der Waals surface area contributed by atoms with Crippen molar-refractivity contribution in [3.63, 3.8) is 0 Å². The molecule has 6 heteroatoms. The van der Waals surface area contributed by atoms with E-state index >= 15 is 0 Å². The molecule has 0 atom stereocenters. The zero-order chi connectivity index (χ0) is 17.0. The van der Waals surface area contributed by atoms with Crippen molar-refractivity contribution in [3.05, 3.63) is 65.2 Å². The highest BCUT2D eigenvalue weighted by atomic mass is 32.2. The van der Waals surface area contributed by atoms with Gasteiger partial charge >= 0.3 is 5.97 Å². The molecule has 5 nitrogen and oxygen atoms in total. The van der Waals surface area contributed by atoms with Gasteiger partial charge in [-0.25, -0.2) is 17.5 Å². The summed E-state index contributed by atoms with van der Waals surface area (Å²) in [6, 6.07) is 13.5. The largest absolute Gasteiger partial charge is 0.457 e. The highest BCUT2D eigenvalue weighted by Crippen LogP contribution is 2.16. The predicted molar refractivity (Wildman–Crippen MR) is 87.6 cm³/mol. The fourth-order valence-corrected chi connectivity index (χ4v) is 2.98. The number of hydrogen-bond donors (Lipinski definition) is 0. The van der Waals surface area contributed by atoms with Gasteiger partial charge < -0.3 is 4.74 Å². The lowest BCUT2D eigenvalue weighted by Crippen LogP contribution is -2.22. The van der Waals surface area contributed by atoms with Crippen molar-refractivity contribution >= 4 is 16.0 Å². The molecule has 2 aromatic rings. The summed E-state index contributed by atoms with van der Waals surface area (Å²) < 4.78 is 30.5. The average molecular weight is 333 g/mol. The number of ether oxygens (including phenoxy) is 1. The summed E-state index contributed by atoms with van der Waals surface area (Å²) in [5, 5.41) is 0. The molecule has 0 N–H and O–H groups in total. The Kier molecular flexibility index (Phi) is 5.18. The Balaban J connectivity index is 2.14. The van der Waals surface area contributed by atoms with Gasteiger partial charge in [0.25, 0.3) is 0 Å². The van der Waals surface area contributed by atoms with Gasteiger partial charge in [0.15, 0.2) is 0 Å². The first-order chi connectivity index (χ1) is 10.8. The molecule has 0 aliphatic carbocycles. The van der Waals surface area contributed by atoms with Crippen LogP contribution in [0, 0.1) is 6.92 Å². The standard InChI is InChI=1S/C17H19NO4S/c1-13-6-4-7-14(10-13)12-22-17(19)15-8-5-9-16(11-15)23(20,21)18(2)3/h4-11H,12H2,1-3H3. The second-order valence-corrected chi connectivity index (χ2v) is 7.53. The van der Waals surface area contributed by atoms with Crippen molar-refractivity contribution < 1.29 is 17.9 Å². The second-order valence-electron chi connectivity index (χ2n) is 5.38. The quantitative estimate of drug-likeness (QED) is 0.789. The highest BCUT2D eigenvalue weighted by molar-refractivity contribution is 7.89. The van der Waals surface area contributed by atoms with E-state index in [2.05, 4.69) is 0 Å². The zero-order valence-electron chi connectivity index (χ0n) is 13.3. The Bertz CT molecular complexity index is 813. The minimum absolute atomic E-state index is 0.0625. The summed E-state index contributed by atoms with van der Waals surface area (Å²) in [5.74, 6) is -0.553. The summed E-state index contributed by atoms with van der Waals surface area (Å²) in [5.41, 5.74) is 2.17. The maximum Gasteiger partial charge on any atom is 0.338 e. The van der Waals surface area contributed by atoms with Gasteiger partial charge in [0.05, 0.1) is 10.5 Å². The van der Waals surface area contributed by atoms with Crippen LogP contribution in [0.1, 0.15) is 21.5 Å². The van der Waals surface area contributed by atoms with E-state index < -0.39 is 16.0 Å². The fourth-order valence-electron chi connectivity index (χ4n) is 2.03. The van der Waals surface area contributed by atoms with Crippen LogP contribution < -0.4 is 0 Å². The second kappa shape index (κ2) is 6.93. The van der Waals surface area contributed by atoms with E-state index in [1.165, 1.54) is 38.4 Å². The topological polar surface area (TPSA) is 63.7 Å². The molecule has 0 spiro atoms. The molecule has 0 aliphatic rings. The van der Waals surface area contributed by atoms with Crippen LogP contribution >= 0.6 is 0 Å². The molecule has 0 saturated heterocycles. The average Bonchev–Trinajstić information content (AvgIpc) is 2.52. The van der Waals surface area contributed by atoms with E-state index in [0.717, 1.165) is 15.4 Å². The summed E-state index contributed by atoms with van der Waals surface area (Å²) in [4.78, 5) is 12.2. The fraction of sp³-hybridized carbons (Fsp3) is 0.235. The third-order valence-corrected chi connectivity index (χ3v) is 5.11. The van der Waals surface area contributed by atoms with Crippen LogP contribution in [0.15, 0.2) is 53.4 Å². The van der Waals surface area contributed by atoms with Gasteiger partial charge in [0.2, 0.25) is 10.0 Å². The molecule has 23 heavy (non-hydrogen) atoms. The Morgan fingerprint density at radius 2 is 1.78 bits per heavy atom. The van der Waals surface area contributed by atoms with Gasteiger partial charge in [-0.1, -0.05) is 35.9 Å². The molecule has 0 amide bonds. The first-order valence-electron chi connectivity index (χ1n) is 7.06. The van der Waals surface area contributed by atoms with Crippen LogP contribution in [0.4, 0.5) is 0 Å². The monoisotopic (exact) mass is 333 g/mol. The lowest BCUT2D eigenvalue weighted by Gasteiger charge is -2.12. The minimum Gasteiger partial charge on any atom is -0.457 e. The molecule has 0 fully saturated rings. The minimum atomic E-state index is -3.58. The number of carbonyl (C=O) groups is 1. The van der Waals surface area contributed by atoms with Crippen molar-refractivity contribution in [2.75, 3.05) is 14.1 Å². The number of hydrogen-bond acceptors (Lipinski definition) is 4. The van der Waals surface area contributed by atoms with Gasteiger partial charge in [0.1, 0.15) is 6.61 Å². The molecular formula is C17H19NO4S. The third-order valence-electron chi connectivity index (χ3n) is 3.30. The van der Waals surface area contributed by atoms with E-state index in [-0.39, 0.29) is 17.1 Å². The molecule has 0 aliphatic heterocycles. The molecule has 2 rings (SSSR count). The van der Waals surface area contributed by atoms with Gasteiger partial charge in [-0.05, 0) is 30.7 Å². The molecule has 0 unspecified atom stereocenters. The Hall–Kier alpha value is -2.18. The predicted octanol–water partition coefficient (Wildman–Crippen LogP) is 2.60. The summed E-state index contributed by atoms with van der Waals surface area (Å²) in [6.07, 6.45) is 0. The lowest BCUT2D eigenvalue weighted by atomic mass is 10.1. The number of nitrogens with zero attached hydrogens (tertiary/aromatic N) is 1. The molecule has 0 radical (unpaired) electrons. The smallest absolute Gasteiger partial charge is 0.338 e. The SMILES string of the molecule is Cc1cccc(COC(=O)c2cccc(S(=O)(=O)N(C)C)c2)c1. The Morgan fingerprint density at radius 3 is 2.43 bits per heavy atom. The molecule has 0 saturated carbocycles. The van der Waals surface area contributed by atoms with E-state index in [1.807, 2.05) is 31.2 Å². The highest BCUT2D eigenvalue weighted by Gasteiger charge is 2.19. The van der Waals surface area contributed by atoms with Gasteiger partial charge in [-0.2, -0.15) is 0 Å². The molecule has 0 aromatic heterocycles. The van der Waals surface area contributed by atoms with Crippen LogP contribution in [0.3, 0.4) is 0 Å². The molecule has 122 valence electrons. The van der Waals surface area contributed by atoms with E-state index in [0.29, 0.717) is 0 Å². The molecule has 0 bridgehead atoms. The van der Waals surface area contributed by atoms with Crippen molar-refractivity contribution in [3.8, 4) is 0 Å². The number of aryl methyl sites for hydroxylation is 1. The van der Waals surface area contributed by atoms with Gasteiger partial charge in [-0.15, -0.1) is 0 Å². The first-order valence-corrected chi connectivity index (χ1v) is 8.50. The number of esters is 1. The van der Waals surface area contributed by atoms with Crippen LogP contribution in [0.25, 0.3) is 0 Å². The van der Waals surface area contributed by atoms with Crippen molar-refractivity contribution in [2.24, 2.45) is 0 Å². The summed E-state index contributed by atoms with van der Waals surface area (Å²) in [6.45, 7) is 2.10. The lowest BCUT2D eigenvalue weighted by molar-refractivity contribution is 0.0472.